The van der Waals surface area contributed by atoms with Crippen molar-refractivity contribution in [2.24, 2.45) is 0 Å². The summed E-state index contributed by atoms with van der Waals surface area (Å²) in [6.07, 6.45) is 3.70. The number of likely N-dealkylation sites (N-methyl/N-ethyl adjacent to an activating group) is 1. The fourth-order valence-corrected chi connectivity index (χ4v) is 4.50. The molecule has 2 aromatic heterocycles. The predicted molar refractivity (Wildman–Crippen MR) is 96.8 cm³/mol. The van der Waals surface area contributed by atoms with Gasteiger partial charge in [0.1, 0.15) is 5.69 Å². The summed E-state index contributed by atoms with van der Waals surface area (Å²) in [5, 5.41) is 2.10. The average Bonchev–Trinajstić information content (AvgIpc) is 3.19. The molecule has 2 aliphatic rings. The third-order valence-corrected chi connectivity index (χ3v) is 6.05. The molecule has 2 saturated heterocycles. The van der Waals surface area contributed by atoms with Crippen LogP contribution in [0, 0.1) is 0 Å². The van der Waals surface area contributed by atoms with Crippen molar-refractivity contribution in [1.29, 1.82) is 0 Å². The molecule has 0 radical (unpaired) electrons. The van der Waals surface area contributed by atoms with Gasteiger partial charge in [-0.2, -0.15) is 0 Å². The number of piperazine rings is 1. The Labute approximate surface area is 146 Å². The summed E-state index contributed by atoms with van der Waals surface area (Å²) >= 11 is 1.71. The van der Waals surface area contributed by atoms with Crippen LogP contribution in [0.5, 0.6) is 0 Å². The van der Waals surface area contributed by atoms with Gasteiger partial charge in [0.2, 0.25) is 0 Å². The van der Waals surface area contributed by atoms with Crippen molar-refractivity contribution in [1.82, 2.24) is 14.4 Å². The lowest BCUT2D eigenvalue weighted by molar-refractivity contribution is 0.00614. The van der Waals surface area contributed by atoms with Crippen molar-refractivity contribution in [3.8, 4) is 0 Å². The molecule has 24 heavy (non-hydrogen) atoms. The molecule has 2 aliphatic heterocycles. The first-order valence-corrected chi connectivity index (χ1v) is 9.76. The normalized spacial score (nSPS) is 23.0. The number of rotatable bonds is 3. The Morgan fingerprint density at radius 1 is 1.29 bits per heavy atom. The molecule has 0 spiro atoms. The molecule has 0 aliphatic carbocycles. The first kappa shape index (κ1) is 16.1. The van der Waals surface area contributed by atoms with Crippen LogP contribution >= 0.6 is 11.3 Å². The first-order chi connectivity index (χ1) is 11.7. The third-order valence-electron chi connectivity index (χ3n) is 5.19. The van der Waals surface area contributed by atoms with Crippen LogP contribution in [0.25, 0.3) is 10.2 Å². The van der Waals surface area contributed by atoms with Gasteiger partial charge >= 0.3 is 0 Å². The second-order valence-corrected chi connectivity index (χ2v) is 7.84. The number of fused-ring (bicyclic) bond motifs is 1. The van der Waals surface area contributed by atoms with E-state index in [0.29, 0.717) is 0 Å². The molecule has 4 rings (SSSR count). The van der Waals surface area contributed by atoms with Crippen molar-refractivity contribution in [3.63, 3.8) is 0 Å². The molecule has 4 heterocycles. The molecule has 0 bridgehead atoms. The Bertz CT molecular complexity index is 709. The molecular formula is C18H25N3O2S. The summed E-state index contributed by atoms with van der Waals surface area (Å²) < 4.78 is 9.32. The summed E-state index contributed by atoms with van der Waals surface area (Å²) in [5.74, 6) is 0.169. The second-order valence-electron chi connectivity index (χ2n) is 6.89. The predicted octanol–water partition coefficient (Wildman–Crippen LogP) is 2.66. The van der Waals surface area contributed by atoms with Crippen molar-refractivity contribution < 1.29 is 9.53 Å². The fraction of sp³-hybridized carbons (Fsp3) is 0.611. The number of carbonyl (C=O) groups is 1. The maximum absolute atomic E-state index is 13.1. The van der Waals surface area contributed by atoms with Gasteiger partial charge in [-0.3, -0.25) is 4.79 Å². The fourth-order valence-electron chi connectivity index (χ4n) is 3.68. The summed E-state index contributed by atoms with van der Waals surface area (Å²) in [6, 6.07) is 4.20. The highest BCUT2D eigenvalue weighted by Gasteiger charge is 2.26. The number of ether oxygens (including phenoxy) is 1. The largest absolute Gasteiger partial charge is 0.376 e. The Kier molecular flexibility index (Phi) is 4.61. The Balaban J connectivity index is 1.60. The van der Waals surface area contributed by atoms with Gasteiger partial charge in [0.05, 0.1) is 16.3 Å². The van der Waals surface area contributed by atoms with E-state index in [-0.39, 0.29) is 12.0 Å². The summed E-state index contributed by atoms with van der Waals surface area (Å²) in [7, 11) is 2.11. The number of nitrogens with zero attached hydrogens (tertiary/aromatic N) is 3. The van der Waals surface area contributed by atoms with Gasteiger partial charge < -0.3 is 19.1 Å². The van der Waals surface area contributed by atoms with Crippen LogP contribution in [0.1, 0.15) is 29.8 Å². The van der Waals surface area contributed by atoms with Crippen LogP contribution in [0.3, 0.4) is 0 Å². The zero-order chi connectivity index (χ0) is 16.5. The number of amides is 1. The minimum absolute atomic E-state index is 0.169. The summed E-state index contributed by atoms with van der Waals surface area (Å²) in [4.78, 5) is 17.4. The molecule has 0 aromatic carbocycles. The van der Waals surface area contributed by atoms with Gasteiger partial charge in [0.25, 0.3) is 5.91 Å². The number of hydrogen-bond donors (Lipinski definition) is 0. The molecular weight excluding hydrogens is 322 g/mol. The number of thiophene rings is 1. The molecule has 1 unspecified atom stereocenters. The van der Waals surface area contributed by atoms with Crippen molar-refractivity contribution in [3.05, 3.63) is 23.2 Å². The van der Waals surface area contributed by atoms with Gasteiger partial charge in [-0.05, 0) is 43.8 Å². The van der Waals surface area contributed by atoms with Crippen LogP contribution in [0.4, 0.5) is 0 Å². The molecule has 0 saturated carbocycles. The molecule has 1 amide bonds. The van der Waals surface area contributed by atoms with Gasteiger partial charge in [-0.15, -0.1) is 11.3 Å². The third kappa shape index (κ3) is 3.10. The highest BCUT2D eigenvalue weighted by molar-refractivity contribution is 7.17. The van der Waals surface area contributed by atoms with Gasteiger partial charge in [0, 0.05) is 39.3 Å². The Hall–Kier alpha value is -1.37. The van der Waals surface area contributed by atoms with Gasteiger partial charge in [0.15, 0.2) is 0 Å². The molecule has 5 nitrogen and oxygen atoms in total. The molecule has 6 heteroatoms. The Morgan fingerprint density at radius 2 is 2.12 bits per heavy atom. The van der Waals surface area contributed by atoms with Crippen molar-refractivity contribution in [2.45, 2.75) is 31.9 Å². The minimum atomic E-state index is 0.169. The lowest BCUT2D eigenvalue weighted by Gasteiger charge is -2.33. The monoisotopic (exact) mass is 347 g/mol. The SMILES string of the molecule is CN1CCN(C(=O)c2cc3sccc3n2CC2CCCCO2)CC1. The van der Waals surface area contributed by atoms with Crippen LogP contribution in [0.15, 0.2) is 17.5 Å². The number of carbonyl (C=O) groups excluding carboxylic acids is 1. The molecule has 0 N–H and O–H groups in total. The van der Waals surface area contributed by atoms with Crippen LogP contribution in [-0.2, 0) is 11.3 Å². The van der Waals surface area contributed by atoms with E-state index in [1.165, 1.54) is 16.6 Å². The highest BCUT2D eigenvalue weighted by Crippen LogP contribution is 2.28. The van der Waals surface area contributed by atoms with E-state index in [4.69, 9.17) is 4.74 Å². The molecule has 2 aromatic rings. The van der Waals surface area contributed by atoms with E-state index in [0.717, 1.165) is 57.9 Å². The topological polar surface area (TPSA) is 37.7 Å². The van der Waals surface area contributed by atoms with E-state index in [9.17, 15) is 4.79 Å². The molecule has 1 atom stereocenters. The van der Waals surface area contributed by atoms with E-state index in [1.807, 2.05) is 4.90 Å². The smallest absolute Gasteiger partial charge is 0.270 e. The molecule has 130 valence electrons. The van der Waals surface area contributed by atoms with Crippen molar-refractivity contribution in [2.75, 3.05) is 39.8 Å². The summed E-state index contributed by atoms with van der Waals surface area (Å²) in [6.45, 7) is 5.16. The van der Waals surface area contributed by atoms with Crippen LogP contribution < -0.4 is 0 Å². The van der Waals surface area contributed by atoms with E-state index in [2.05, 4.69) is 34.0 Å². The number of aromatic nitrogens is 1. The zero-order valence-electron chi connectivity index (χ0n) is 14.2. The average molecular weight is 347 g/mol. The van der Waals surface area contributed by atoms with E-state index < -0.39 is 0 Å². The second kappa shape index (κ2) is 6.86. The first-order valence-electron chi connectivity index (χ1n) is 8.88. The maximum Gasteiger partial charge on any atom is 0.270 e. The standard InChI is InChI=1S/C18H25N3O2S/c1-19-6-8-20(9-7-19)18(22)16-12-17-15(5-11-24-17)21(16)13-14-4-2-3-10-23-14/h5,11-12,14H,2-4,6-10,13H2,1H3. The lowest BCUT2D eigenvalue weighted by atomic mass is 10.1. The van der Waals surface area contributed by atoms with E-state index in [1.54, 1.807) is 11.3 Å². The van der Waals surface area contributed by atoms with E-state index >= 15 is 0 Å². The van der Waals surface area contributed by atoms with Crippen LogP contribution in [-0.4, -0.2) is 66.2 Å². The minimum Gasteiger partial charge on any atom is -0.376 e. The molecule has 2 fully saturated rings. The number of hydrogen-bond acceptors (Lipinski definition) is 4. The Morgan fingerprint density at radius 3 is 2.88 bits per heavy atom. The zero-order valence-corrected chi connectivity index (χ0v) is 15.1. The van der Waals surface area contributed by atoms with Gasteiger partial charge in [-0.25, -0.2) is 0 Å². The van der Waals surface area contributed by atoms with Crippen LogP contribution in [0.2, 0.25) is 0 Å². The van der Waals surface area contributed by atoms with Crippen molar-refractivity contribution >= 4 is 27.5 Å². The maximum atomic E-state index is 13.1. The van der Waals surface area contributed by atoms with Gasteiger partial charge in [-0.1, -0.05) is 0 Å². The highest BCUT2D eigenvalue weighted by atomic mass is 32.1. The quantitative estimate of drug-likeness (QED) is 0.857. The summed E-state index contributed by atoms with van der Waals surface area (Å²) in [5.41, 5.74) is 2.00. The lowest BCUT2D eigenvalue weighted by Crippen LogP contribution is -2.47.